The van der Waals surface area contributed by atoms with Crippen LogP contribution in [0.25, 0.3) is 10.1 Å². The number of nitrogens with one attached hydrogen (secondary N) is 1. The lowest BCUT2D eigenvalue weighted by molar-refractivity contribution is 0.0464. The summed E-state index contributed by atoms with van der Waals surface area (Å²) in [6, 6.07) is 8.91. The molecule has 3 aromatic rings. The fraction of sp³-hybridized carbons (Fsp3) is 0.286. The van der Waals surface area contributed by atoms with Crippen molar-refractivity contribution in [2.45, 2.75) is 20.8 Å². The van der Waals surface area contributed by atoms with Crippen LogP contribution in [0.1, 0.15) is 39.6 Å². The van der Waals surface area contributed by atoms with Crippen LogP contribution in [0, 0.1) is 12.8 Å². The Morgan fingerprint density at radius 2 is 1.93 bits per heavy atom. The number of rotatable bonds is 6. The van der Waals surface area contributed by atoms with Crippen LogP contribution in [0.5, 0.6) is 11.5 Å². The third kappa shape index (κ3) is 4.31. The molecule has 0 saturated carbocycles. The highest BCUT2D eigenvalue weighted by Gasteiger charge is 2.18. The lowest BCUT2D eigenvalue weighted by atomic mass is 10.1. The standard InChI is InChI=1S/C21H22N2O4S/c1-12(2)11-26-21(25)19-13(3)16-6-5-14(10-18(16)28-19)27-15-7-8-23-17(9-15)20(24)22-4/h5-10,12H,11H2,1-4H3,(H,22,24). The van der Waals surface area contributed by atoms with Crippen LogP contribution >= 0.6 is 11.3 Å². The lowest BCUT2D eigenvalue weighted by Crippen LogP contribution is -2.18. The summed E-state index contributed by atoms with van der Waals surface area (Å²) in [6.07, 6.45) is 1.52. The second-order valence-electron chi connectivity index (χ2n) is 6.76. The predicted molar refractivity (Wildman–Crippen MR) is 109 cm³/mol. The zero-order chi connectivity index (χ0) is 20.3. The quantitative estimate of drug-likeness (QED) is 0.616. The van der Waals surface area contributed by atoms with Gasteiger partial charge in [-0.3, -0.25) is 9.78 Å². The molecule has 146 valence electrons. The number of aryl methyl sites for hydroxylation is 1. The van der Waals surface area contributed by atoms with Gasteiger partial charge in [-0.05, 0) is 48.1 Å². The number of nitrogens with zero attached hydrogens (tertiary/aromatic N) is 1. The second-order valence-corrected chi connectivity index (χ2v) is 7.82. The maximum absolute atomic E-state index is 12.4. The summed E-state index contributed by atoms with van der Waals surface area (Å²) in [4.78, 5) is 28.7. The van der Waals surface area contributed by atoms with Crippen molar-refractivity contribution in [3.05, 3.63) is 52.7 Å². The Morgan fingerprint density at radius 1 is 1.18 bits per heavy atom. The van der Waals surface area contributed by atoms with E-state index in [2.05, 4.69) is 10.3 Å². The van der Waals surface area contributed by atoms with Crippen molar-refractivity contribution >= 4 is 33.3 Å². The first-order chi connectivity index (χ1) is 13.4. The molecule has 1 aromatic carbocycles. The summed E-state index contributed by atoms with van der Waals surface area (Å²) in [5.41, 5.74) is 1.19. The number of benzene rings is 1. The van der Waals surface area contributed by atoms with E-state index in [1.807, 2.05) is 39.0 Å². The molecular formula is C21H22N2O4S. The van der Waals surface area contributed by atoms with Gasteiger partial charge in [0.2, 0.25) is 0 Å². The highest BCUT2D eigenvalue weighted by Crippen LogP contribution is 2.35. The van der Waals surface area contributed by atoms with Gasteiger partial charge in [-0.1, -0.05) is 13.8 Å². The van der Waals surface area contributed by atoms with Crippen LogP contribution in [0.3, 0.4) is 0 Å². The van der Waals surface area contributed by atoms with Gasteiger partial charge in [0.25, 0.3) is 5.91 Å². The molecule has 0 bridgehead atoms. The van der Waals surface area contributed by atoms with Gasteiger partial charge in [-0.25, -0.2) is 4.79 Å². The molecule has 2 aromatic heterocycles. The van der Waals surface area contributed by atoms with Gasteiger partial charge >= 0.3 is 5.97 Å². The van der Waals surface area contributed by atoms with Gasteiger partial charge in [-0.2, -0.15) is 0 Å². The molecule has 2 heterocycles. The average Bonchev–Trinajstić information content (AvgIpc) is 3.01. The number of hydrogen-bond acceptors (Lipinski definition) is 6. The number of hydrogen-bond donors (Lipinski definition) is 1. The molecule has 0 aliphatic rings. The van der Waals surface area contributed by atoms with E-state index in [-0.39, 0.29) is 17.6 Å². The SMILES string of the molecule is CNC(=O)c1cc(Oc2ccc3c(C)c(C(=O)OCC(C)C)sc3c2)ccn1. The summed E-state index contributed by atoms with van der Waals surface area (Å²) in [5.74, 6) is 0.847. The molecule has 0 aliphatic carbocycles. The Bertz CT molecular complexity index is 1030. The van der Waals surface area contributed by atoms with Crippen molar-refractivity contribution < 1.29 is 19.1 Å². The number of fused-ring (bicyclic) bond motifs is 1. The first-order valence-electron chi connectivity index (χ1n) is 8.95. The lowest BCUT2D eigenvalue weighted by Gasteiger charge is -2.07. The number of carbonyl (C=O) groups is 2. The molecule has 0 aliphatic heterocycles. The maximum atomic E-state index is 12.4. The van der Waals surface area contributed by atoms with E-state index in [4.69, 9.17) is 9.47 Å². The molecule has 0 radical (unpaired) electrons. The van der Waals surface area contributed by atoms with Crippen LogP contribution in [0.2, 0.25) is 0 Å². The Labute approximate surface area is 167 Å². The minimum absolute atomic E-state index is 0.278. The normalized spacial score (nSPS) is 10.9. The second kappa shape index (κ2) is 8.39. The van der Waals surface area contributed by atoms with Crippen LogP contribution in [0.15, 0.2) is 36.5 Å². The summed E-state index contributed by atoms with van der Waals surface area (Å²) in [6.45, 7) is 6.33. The van der Waals surface area contributed by atoms with Crippen LogP contribution < -0.4 is 10.1 Å². The van der Waals surface area contributed by atoms with Gasteiger partial charge < -0.3 is 14.8 Å². The number of aromatic nitrogens is 1. The summed E-state index contributed by atoms with van der Waals surface area (Å²) >= 11 is 1.39. The molecule has 0 spiro atoms. The molecule has 7 heteroatoms. The number of esters is 1. The number of thiophene rings is 1. The third-order valence-electron chi connectivity index (χ3n) is 4.07. The number of amides is 1. The molecule has 6 nitrogen and oxygen atoms in total. The highest BCUT2D eigenvalue weighted by atomic mass is 32.1. The predicted octanol–water partition coefficient (Wildman–Crippen LogP) is 4.57. The van der Waals surface area contributed by atoms with E-state index in [9.17, 15) is 9.59 Å². The van der Waals surface area contributed by atoms with Crippen LogP contribution in [-0.4, -0.2) is 30.5 Å². The zero-order valence-corrected chi connectivity index (χ0v) is 17.1. The Hall–Kier alpha value is -2.93. The molecule has 3 rings (SSSR count). The van der Waals surface area contributed by atoms with Gasteiger partial charge in [0.1, 0.15) is 22.1 Å². The topological polar surface area (TPSA) is 77.5 Å². The van der Waals surface area contributed by atoms with Crippen LogP contribution in [0.4, 0.5) is 0 Å². The third-order valence-corrected chi connectivity index (χ3v) is 5.30. The number of carbonyl (C=O) groups excluding carboxylic acids is 2. The minimum Gasteiger partial charge on any atom is -0.461 e. The van der Waals surface area contributed by atoms with Gasteiger partial charge in [0, 0.05) is 24.0 Å². The van der Waals surface area contributed by atoms with E-state index in [1.165, 1.54) is 17.5 Å². The van der Waals surface area contributed by atoms with Gasteiger partial charge in [0.15, 0.2) is 0 Å². The smallest absolute Gasteiger partial charge is 0.348 e. The summed E-state index contributed by atoms with van der Waals surface area (Å²) < 4.78 is 12.2. The molecule has 0 unspecified atom stereocenters. The average molecular weight is 398 g/mol. The fourth-order valence-corrected chi connectivity index (χ4v) is 3.77. The molecule has 0 saturated heterocycles. The number of pyridine rings is 1. The van der Waals surface area contributed by atoms with Crippen molar-refractivity contribution in [2.75, 3.05) is 13.7 Å². The molecule has 0 fully saturated rings. The van der Waals surface area contributed by atoms with E-state index in [0.717, 1.165) is 15.6 Å². The first kappa shape index (κ1) is 19.8. The summed E-state index contributed by atoms with van der Waals surface area (Å²) in [5, 5.41) is 3.53. The van der Waals surface area contributed by atoms with Crippen molar-refractivity contribution in [2.24, 2.45) is 5.92 Å². The maximum Gasteiger partial charge on any atom is 0.348 e. The zero-order valence-electron chi connectivity index (χ0n) is 16.2. The first-order valence-corrected chi connectivity index (χ1v) is 9.77. The molecule has 1 amide bonds. The van der Waals surface area contributed by atoms with Gasteiger partial charge in [0.05, 0.1) is 6.61 Å². The summed E-state index contributed by atoms with van der Waals surface area (Å²) in [7, 11) is 1.55. The Balaban J connectivity index is 1.85. The van der Waals surface area contributed by atoms with E-state index in [1.54, 1.807) is 19.2 Å². The molecule has 1 N–H and O–H groups in total. The Kier molecular flexibility index (Phi) is 5.94. The van der Waals surface area contributed by atoms with Crippen molar-refractivity contribution in [3.63, 3.8) is 0 Å². The molecule has 0 atom stereocenters. The molecule has 28 heavy (non-hydrogen) atoms. The van der Waals surface area contributed by atoms with Crippen molar-refractivity contribution in [1.82, 2.24) is 10.3 Å². The fourth-order valence-electron chi connectivity index (χ4n) is 2.63. The number of ether oxygens (including phenoxy) is 2. The molecular weight excluding hydrogens is 376 g/mol. The van der Waals surface area contributed by atoms with E-state index >= 15 is 0 Å². The van der Waals surface area contributed by atoms with Crippen LogP contribution in [-0.2, 0) is 4.74 Å². The van der Waals surface area contributed by atoms with Gasteiger partial charge in [-0.15, -0.1) is 11.3 Å². The van der Waals surface area contributed by atoms with E-state index in [0.29, 0.717) is 28.9 Å². The Morgan fingerprint density at radius 3 is 2.64 bits per heavy atom. The van der Waals surface area contributed by atoms with Crippen molar-refractivity contribution in [1.29, 1.82) is 0 Å². The largest absolute Gasteiger partial charge is 0.461 e. The minimum atomic E-state index is -0.292. The highest BCUT2D eigenvalue weighted by molar-refractivity contribution is 7.21. The van der Waals surface area contributed by atoms with E-state index < -0.39 is 0 Å². The van der Waals surface area contributed by atoms with Crippen molar-refractivity contribution in [3.8, 4) is 11.5 Å². The monoisotopic (exact) mass is 398 g/mol.